The van der Waals surface area contributed by atoms with E-state index in [1.807, 2.05) is 12.1 Å². The Kier molecular flexibility index (Phi) is 6.53. The van der Waals surface area contributed by atoms with Gasteiger partial charge in [-0.05, 0) is 57.4 Å². The first-order valence-corrected chi connectivity index (χ1v) is 11.1. The molecule has 2 aromatic rings. The lowest BCUT2D eigenvalue weighted by molar-refractivity contribution is -0.138. The summed E-state index contributed by atoms with van der Waals surface area (Å²) in [6, 6.07) is 10.7. The van der Waals surface area contributed by atoms with E-state index in [4.69, 9.17) is 4.74 Å². The first-order valence-electron chi connectivity index (χ1n) is 11.1. The molecule has 2 aliphatic heterocycles. The van der Waals surface area contributed by atoms with Gasteiger partial charge in [0, 0.05) is 38.8 Å². The maximum absolute atomic E-state index is 13.8. The van der Waals surface area contributed by atoms with E-state index in [1.54, 1.807) is 24.0 Å². The van der Waals surface area contributed by atoms with Crippen LogP contribution in [0.4, 0.5) is 16.0 Å². The molecule has 0 radical (unpaired) electrons. The predicted molar refractivity (Wildman–Crippen MR) is 118 cm³/mol. The number of aromatic nitrogens is 2. The second-order valence-electron chi connectivity index (χ2n) is 8.29. The van der Waals surface area contributed by atoms with Crippen LogP contribution in [0.15, 0.2) is 36.4 Å². The Hall–Kier alpha value is -2.90. The van der Waals surface area contributed by atoms with Gasteiger partial charge in [-0.3, -0.25) is 4.79 Å². The third kappa shape index (κ3) is 4.89. The van der Waals surface area contributed by atoms with E-state index < -0.39 is 11.9 Å². The molecule has 0 saturated carbocycles. The lowest BCUT2D eigenvalue weighted by atomic mass is 10.0. The molecule has 2 unspecified atom stereocenters. The van der Waals surface area contributed by atoms with Crippen LogP contribution in [0.1, 0.15) is 33.1 Å². The van der Waals surface area contributed by atoms with Gasteiger partial charge < -0.3 is 19.4 Å². The Bertz CT molecular complexity index is 886. The lowest BCUT2D eigenvalue weighted by Gasteiger charge is -2.37. The van der Waals surface area contributed by atoms with Crippen LogP contribution >= 0.6 is 0 Å². The molecular formula is C23H30FN5O2. The van der Waals surface area contributed by atoms with Gasteiger partial charge in [0.2, 0.25) is 0 Å². The van der Waals surface area contributed by atoms with Gasteiger partial charge in [0.1, 0.15) is 0 Å². The Morgan fingerprint density at radius 3 is 2.42 bits per heavy atom. The quantitative estimate of drug-likeness (QED) is 0.731. The number of nitrogens with zero attached hydrogens (tertiary/aromatic N) is 5. The standard InChI is InChI=1S/C23H30FN5O2/c1-17-7-5-6-12-29(17)22-11-10-21(25-26-22)27-13-15-28(16-14-27)23(30)18(2)31-20-9-4-3-8-19(20)24/h3-4,8-11,17-18H,5-7,12-16H2,1-2H3. The van der Waals surface area contributed by atoms with Crippen molar-refractivity contribution in [2.75, 3.05) is 42.5 Å². The van der Waals surface area contributed by atoms with E-state index in [1.165, 1.54) is 31.4 Å². The molecule has 1 amide bonds. The third-order valence-electron chi connectivity index (χ3n) is 6.14. The summed E-state index contributed by atoms with van der Waals surface area (Å²) in [4.78, 5) is 19.0. The maximum atomic E-state index is 13.8. The van der Waals surface area contributed by atoms with Gasteiger partial charge in [-0.1, -0.05) is 12.1 Å². The van der Waals surface area contributed by atoms with Crippen LogP contribution in [0.3, 0.4) is 0 Å². The van der Waals surface area contributed by atoms with Crippen LogP contribution in [0, 0.1) is 5.82 Å². The summed E-state index contributed by atoms with van der Waals surface area (Å²) in [5.74, 6) is 1.26. The first-order chi connectivity index (χ1) is 15.0. The summed E-state index contributed by atoms with van der Waals surface area (Å²) in [5.41, 5.74) is 0. The van der Waals surface area contributed by atoms with Gasteiger partial charge in [0.05, 0.1) is 0 Å². The summed E-state index contributed by atoms with van der Waals surface area (Å²) in [6.07, 6.45) is 2.92. The van der Waals surface area contributed by atoms with Gasteiger partial charge in [0.15, 0.2) is 29.3 Å². The Balaban J connectivity index is 1.31. The number of amides is 1. The number of anilines is 2. The Morgan fingerprint density at radius 1 is 1.03 bits per heavy atom. The van der Waals surface area contributed by atoms with Crippen molar-refractivity contribution in [1.82, 2.24) is 15.1 Å². The molecular weight excluding hydrogens is 397 g/mol. The molecule has 2 aliphatic rings. The molecule has 166 valence electrons. The highest BCUT2D eigenvalue weighted by atomic mass is 19.1. The van der Waals surface area contributed by atoms with Crippen LogP contribution in [0.2, 0.25) is 0 Å². The number of rotatable bonds is 5. The fourth-order valence-electron chi connectivity index (χ4n) is 4.27. The molecule has 4 rings (SSSR count). The molecule has 1 aromatic carbocycles. The minimum atomic E-state index is -0.742. The van der Waals surface area contributed by atoms with E-state index in [9.17, 15) is 9.18 Å². The number of piperazine rings is 1. The van der Waals surface area contributed by atoms with Gasteiger partial charge in [-0.2, -0.15) is 0 Å². The molecule has 1 aromatic heterocycles. The van der Waals surface area contributed by atoms with E-state index in [0.29, 0.717) is 32.2 Å². The summed E-state index contributed by atoms with van der Waals surface area (Å²) in [6.45, 7) is 7.41. The van der Waals surface area contributed by atoms with Crippen molar-refractivity contribution in [2.45, 2.75) is 45.3 Å². The number of hydrogen-bond acceptors (Lipinski definition) is 6. The largest absolute Gasteiger partial charge is 0.478 e. The van der Waals surface area contributed by atoms with Crippen LogP contribution in [0.25, 0.3) is 0 Å². The molecule has 31 heavy (non-hydrogen) atoms. The zero-order valence-corrected chi connectivity index (χ0v) is 18.2. The molecule has 0 N–H and O–H groups in total. The average Bonchev–Trinajstić information content (AvgIpc) is 2.81. The molecule has 0 bridgehead atoms. The summed E-state index contributed by atoms with van der Waals surface area (Å²) < 4.78 is 19.3. The number of ether oxygens (including phenoxy) is 1. The van der Waals surface area contributed by atoms with Crippen molar-refractivity contribution in [2.24, 2.45) is 0 Å². The number of halogens is 1. The van der Waals surface area contributed by atoms with Crippen LogP contribution in [-0.2, 0) is 4.79 Å². The lowest BCUT2D eigenvalue weighted by Crippen LogP contribution is -2.52. The Labute approximate surface area is 182 Å². The average molecular weight is 428 g/mol. The molecule has 8 heteroatoms. The van der Waals surface area contributed by atoms with Gasteiger partial charge >= 0.3 is 0 Å². The molecule has 0 spiro atoms. The SMILES string of the molecule is CC(Oc1ccccc1F)C(=O)N1CCN(c2ccc(N3CCCCC3C)nn2)CC1. The van der Waals surface area contributed by atoms with E-state index in [0.717, 1.165) is 18.2 Å². The zero-order valence-electron chi connectivity index (χ0n) is 18.2. The number of benzene rings is 1. The smallest absolute Gasteiger partial charge is 0.263 e. The van der Waals surface area contributed by atoms with Crippen molar-refractivity contribution in [1.29, 1.82) is 0 Å². The predicted octanol–water partition coefficient (Wildman–Crippen LogP) is 3.11. The summed E-state index contributed by atoms with van der Waals surface area (Å²) in [7, 11) is 0. The second-order valence-corrected chi connectivity index (χ2v) is 8.29. The van der Waals surface area contributed by atoms with E-state index in [2.05, 4.69) is 26.9 Å². The van der Waals surface area contributed by atoms with Gasteiger partial charge in [0.25, 0.3) is 5.91 Å². The molecule has 2 saturated heterocycles. The maximum Gasteiger partial charge on any atom is 0.263 e. The fraction of sp³-hybridized carbons (Fsp3) is 0.522. The fourth-order valence-corrected chi connectivity index (χ4v) is 4.27. The number of carbonyl (C=O) groups excluding carboxylic acids is 1. The van der Waals surface area contributed by atoms with Crippen molar-refractivity contribution < 1.29 is 13.9 Å². The van der Waals surface area contributed by atoms with E-state index >= 15 is 0 Å². The highest BCUT2D eigenvalue weighted by molar-refractivity contribution is 5.81. The third-order valence-corrected chi connectivity index (χ3v) is 6.14. The van der Waals surface area contributed by atoms with Crippen molar-refractivity contribution >= 4 is 17.5 Å². The normalized spacial score (nSPS) is 20.5. The number of piperidine rings is 1. The zero-order chi connectivity index (χ0) is 21.8. The number of hydrogen-bond donors (Lipinski definition) is 0. The number of carbonyl (C=O) groups is 1. The molecule has 7 nitrogen and oxygen atoms in total. The van der Waals surface area contributed by atoms with Crippen molar-refractivity contribution in [3.63, 3.8) is 0 Å². The highest BCUT2D eigenvalue weighted by Gasteiger charge is 2.27. The molecule has 0 aliphatic carbocycles. The molecule has 2 fully saturated rings. The van der Waals surface area contributed by atoms with Crippen LogP contribution in [0.5, 0.6) is 5.75 Å². The van der Waals surface area contributed by atoms with Gasteiger partial charge in [-0.25, -0.2) is 4.39 Å². The van der Waals surface area contributed by atoms with E-state index in [-0.39, 0.29) is 11.7 Å². The highest BCUT2D eigenvalue weighted by Crippen LogP contribution is 2.24. The summed E-state index contributed by atoms with van der Waals surface area (Å²) >= 11 is 0. The molecule has 2 atom stereocenters. The number of para-hydroxylation sites is 1. The topological polar surface area (TPSA) is 61.8 Å². The monoisotopic (exact) mass is 427 g/mol. The minimum Gasteiger partial charge on any atom is -0.478 e. The minimum absolute atomic E-state index is 0.0976. The van der Waals surface area contributed by atoms with Crippen LogP contribution in [-0.4, -0.2) is 65.9 Å². The molecule has 3 heterocycles. The Morgan fingerprint density at radius 2 is 1.74 bits per heavy atom. The van der Waals surface area contributed by atoms with Crippen molar-refractivity contribution in [3.05, 3.63) is 42.2 Å². The first kappa shape index (κ1) is 21.3. The second kappa shape index (κ2) is 9.49. The van der Waals surface area contributed by atoms with Crippen molar-refractivity contribution in [3.8, 4) is 5.75 Å². The summed E-state index contributed by atoms with van der Waals surface area (Å²) in [5, 5.41) is 8.91. The van der Waals surface area contributed by atoms with Crippen LogP contribution < -0.4 is 14.5 Å². The van der Waals surface area contributed by atoms with Gasteiger partial charge in [-0.15, -0.1) is 10.2 Å².